The monoisotopic (exact) mass is 363 g/mol. The number of amidine groups is 1. The first-order chi connectivity index (χ1) is 11.4. The SMILES string of the molecule is NC1=NC(c2ccc(NC(=O)c3cc(Cl)cc(Cl)c3)cc2F)=CC1. The summed E-state index contributed by atoms with van der Waals surface area (Å²) >= 11 is 11.7. The van der Waals surface area contributed by atoms with Crippen LogP contribution in [0.15, 0.2) is 47.5 Å². The summed E-state index contributed by atoms with van der Waals surface area (Å²) in [6.07, 6.45) is 2.25. The molecule has 3 rings (SSSR count). The van der Waals surface area contributed by atoms with E-state index in [4.69, 9.17) is 28.9 Å². The Morgan fingerprint density at radius 3 is 2.46 bits per heavy atom. The van der Waals surface area contributed by atoms with Gasteiger partial charge < -0.3 is 11.1 Å². The molecule has 0 saturated carbocycles. The average molecular weight is 364 g/mol. The first-order valence-corrected chi connectivity index (χ1v) is 7.78. The summed E-state index contributed by atoms with van der Waals surface area (Å²) in [5.41, 5.74) is 7.01. The lowest BCUT2D eigenvalue weighted by atomic mass is 10.1. The van der Waals surface area contributed by atoms with Gasteiger partial charge in [0.05, 0.1) is 5.70 Å². The van der Waals surface area contributed by atoms with Crippen molar-refractivity contribution in [2.75, 3.05) is 5.32 Å². The number of rotatable bonds is 3. The second-order valence-electron chi connectivity index (χ2n) is 5.20. The summed E-state index contributed by atoms with van der Waals surface area (Å²) < 4.78 is 14.3. The molecule has 122 valence electrons. The lowest BCUT2D eigenvalue weighted by Crippen LogP contribution is -2.12. The van der Waals surface area contributed by atoms with Gasteiger partial charge in [-0.3, -0.25) is 4.79 Å². The third-order valence-corrected chi connectivity index (χ3v) is 3.83. The summed E-state index contributed by atoms with van der Waals surface area (Å²) in [4.78, 5) is 16.3. The quantitative estimate of drug-likeness (QED) is 0.843. The second-order valence-corrected chi connectivity index (χ2v) is 6.08. The molecule has 2 aromatic rings. The molecule has 1 heterocycles. The summed E-state index contributed by atoms with van der Waals surface area (Å²) in [5.74, 6) is -0.491. The fourth-order valence-electron chi connectivity index (χ4n) is 2.31. The number of halogens is 3. The first kappa shape index (κ1) is 16.5. The van der Waals surface area contributed by atoms with Crippen molar-refractivity contribution in [1.29, 1.82) is 0 Å². The Labute approximate surface area is 147 Å². The Kier molecular flexibility index (Phi) is 4.55. The second kappa shape index (κ2) is 6.63. The van der Waals surface area contributed by atoms with Crippen LogP contribution in [-0.4, -0.2) is 11.7 Å². The van der Waals surface area contributed by atoms with Crippen LogP contribution >= 0.6 is 23.2 Å². The van der Waals surface area contributed by atoms with Crippen LogP contribution in [0.1, 0.15) is 22.3 Å². The molecule has 1 aliphatic heterocycles. The van der Waals surface area contributed by atoms with Gasteiger partial charge in [0.2, 0.25) is 0 Å². The highest BCUT2D eigenvalue weighted by Crippen LogP contribution is 2.26. The standard InChI is InChI=1S/C17H12Cl2FN3O/c18-10-5-9(6-11(19)7-10)17(24)22-12-1-2-13(14(20)8-12)15-3-4-16(21)23-15/h1-3,5-8H,4H2,(H2,21,23)(H,22,24). The van der Waals surface area contributed by atoms with Gasteiger partial charge in [0.25, 0.3) is 5.91 Å². The van der Waals surface area contributed by atoms with Gasteiger partial charge in [-0.25, -0.2) is 9.38 Å². The number of carbonyl (C=O) groups is 1. The number of hydrogen-bond acceptors (Lipinski definition) is 3. The van der Waals surface area contributed by atoms with E-state index in [1.165, 1.54) is 24.3 Å². The molecule has 0 atom stereocenters. The van der Waals surface area contributed by atoms with Crippen molar-refractivity contribution in [3.8, 4) is 0 Å². The van der Waals surface area contributed by atoms with E-state index in [0.717, 1.165) is 0 Å². The van der Waals surface area contributed by atoms with Gasteiger partial charge in [0, 0.05) is 33.3 Å². The zero-order valence-corrected chi connectivity index (χ0v) is 13.8. The van der Waals surface area contributed by atoms with Crippen LogP contribution in [0.3, 0.4) is 0 Å². The molecule has 0 unspecified atom stereocenters. The molecule has 2 aromatic carbocycles. The van der Waals surface area contributed by atoms with Crippen molar-refractivity contribution >= 4 is 46.3 Å². The van der Waals surface area contributed by atoms with Crippen molar-refractivity contribution in [2.45, 2.75) is 6.42 Å². The molecule has 0 aliphatic carbocycles. The molecule has 0 aromatic heterocycles. The van der Waals surface area contributed by atoms with E-state index in [1.54, 1.807) is 18.2 Å². The summed E-state index contributed by atoms with van der Waals surface area (Å²) in [6.45, 7) is 0. The van der Waals surface area contributed by atoms with E-state index < -0.39 is 11.7 Å². The predicted molar refractivity (Wildman–Crippen MR) is 95.0 cm³/mol. The van der Waals surface area contributed by atoms with Crippen LogP contribution in [0.5, 0.6) is 0 Å². The van der Waals surface area contributed by atoms with Crippen molar-refractivity contribution in [3.63, 3.8) is 0 Å². The summed E-state index contributed by atoms with van der Waals surface area (Å²) in [5, 5.41) is 3.29. The third-order valence-electron chi connectivity index (χ3n) is 3.40. The van der Waals surface area contributed by atoms with Crippen LogP contribution in [-0.2, 0) is 0 Å². The number of hydrogen-bond donors (Lipinski definition) is 2. The van der Waals surface area contributed by atoms with Crippen molar-refractivity contribution in [2.24, 2.45) is 10.7 Å². The van der Waals surface area contributed by atoms with E-state index in [-0.39, 0.29) is 5.56 Å². The van der Waals surface area contributed by atoms with Gasteiger partial charge in [0.1, 0.15) is 11.7 Å². The molecule has 0 spiro atoms. The summed E-state index contributed by atoms with van der Waals surface area (Å²) in [6, 6.07) is 8.85. The molecule has 3 N–H and O–H groups in total. The molecule has 0 saturated heterocycles. The fourth-order valence-corrected chi connectivity index (χ4v) is 2.83. The van der Waals surface area contributed by atoms with Crippen LogP contribution in [0.4, 0.5) is 10.1 Å². The fraction of sp³-hybridized carbons (Fsp3) is 0.0588. The number of carbonyl (C=O) groups excluding carboxylic acids is 1. The van der Waals surface area contributed by atoms with Gasteiger partial charge in [-0.05, 0) is 36.4 Å². The normalized spacial score (nSPS) is 13.5. The molecular formula is C17H12Cl2FN3O. The molecule has 0 bridgehead atoms. The zero-order chi connectivity index (χ0) is 17.3. The van der Waals surface area contributed by atoms with E-state index >= 15 is 0 Å². The average Bonchev–Trinajstić information content (AvgIpc) is 2.92. The van der Waals surface area contributed by atoms with Crippen LogP contribution in [0.25, 0.3) is 5.70 Å². The molecule has 1 amide bonds. The maximum absolute atomic E-state index is 14.3. The topological polar surface area (TPSA) is 67.5 Å². The van der Waals surface area contributed by atoms with Gasteiger partial charge >= 0.3 is 0 Å². The minimum Gasteiger partial charge on any atom is -0.387 e. The van der Waals surface area contributed by atoms with Crippen LogP contribution < -0.4 is 11.1 Å². The number of anilines is 1. The highest BCUT2D eigenvalue weighted by atomic mass is 35.5. The molecule has 0 fully saturated rings. The number of amides is 1. The Hall–Kier alpha value is -2.37. The smallest absolute Gasteiger partial charge is 0.255 e. The molecular weight excluding hydrogens is 352 g/mol. The van der Waals surface area contributed by atoms with Crippen molar-refractivity contribution < 1.29 is 9.18 Å². The van der Waals surface area contributed by atoms with Gasteiger partial charge in [-0.2, -0.15) is 0 Å². The summed E-state index contributed by atoms with van der Waals surface area (Å²) in [7, 11) is 0. The third kappa shape index (κ3) is 3.58. The van der Waals surface area contributed by atoms with Gasteiger partial charge in [-0.15, -0.1) is 0 Å². The number of nitrogens with one attached hydrogen (secondary N) is 1. The van der Waals surface area contributed by atoms with Crippen molar-refractivity contribution in [3.05, 3.63) is 69.5 Å². The maximum Gasteiger partial charge on any atom is 0.255 e. The van der Waals surface area contributed by atoms with Gasteiger partial charge in [-0.1, -0.05) is 29.3 Å². The van der Waals surface area contributed by atoms with E-state index in [1.807, 2.05) is 0 Å². The maximum atomic E-state index is 14.3. The highest BCUT2D eigenvalue weighted by Gasteiger charge is 2.14. The van der Waals surface area contributed by atoms with E-state index in [0.29, 0.717) is 39.2 Å². The first-order valence-electron chi connectivity index (χ1n) is 7.03. The molecule has 24 heavy (non-hydrogen) atoms. The molecule has 7 heteroatoms. The Bertz CT molecular complexity index is 873. The van der Waals surface area contributed by atoms with Gasteiger partial charge in [0.15, 0.2) is 0 Å². The van der Waals surface area contributed by atoms with E-state index in [2.05, 4.69) is 10.3 Å². The lowest BCUT2D eigenvalue weighted by Gasteiger charge is -2.08. The molecule has 1 aliphatic rings. The van der Waals surface area contributed by atoms with Crippen LogP contribution in [0, 0.1) is 5.82 Å². The number of nitrogens with two attached hydrogens (primary N) is 1. The lowest BCUT2D eigenvalue weighted by molar-refractivity contribution is 0.102. The minimum atomic E-state index is -0.498. The van der Waals surface area contributed by atoms with E-state index in [9.17, 15) is 9.18 Å². The molecule has 4 nitrogen and oxygen atoms in total. The Balaban J connectivity index is 1.81. The van der Waals surface area contributed by atoms with Crippen molar-refractivity contribution in [1.82, 2.24) is 0 Å². The highest BCUT2D eigenvalue weighted by molar-refractivity contribution is 6.35. The number of benzene rings is 2. The minimum absolute atomic E-state index is 0.285. The van der Waals surface area contributed by atoms with Crippen LogP contribution in [0.2, 0.25) is 10.0 Å². The largest absolute Gasteiger partial charge is 0.387 e. The zero-order valence-electron chi connectivity index (χ0n) is 12.3. The Morgan fingerprint density at radius 1 is 1.17 bits per heavy atom. The molecule has 0 radical (unpaired) electrons. The predicted octanol–water partition coefficient (Wildman–Crippen LogP) is 4.49. The number of nitrogens with zero attached hydrogens (tertiary/aromatic N) is 1. The number of aliphatic imine (C=N–C) groups is 1. The Morgan fingerprint density at radius 2 is 1.88 bits per heavy atom.